The van der Waals surface area contributed by atoms with Gasteiger partial charge < -0.3 is 24.8 Å². The molecule has 6 atom stereocenters. The molecular formula is C22H30O7. The van der Waals surface area contributed by atoms with Gasteiger partial charge in [0, 0.05) is 0 Å². The minimum Gasteiger partial charge on any atom is -0.482 e. The fraction of sp³-hybridized carbons (Fsp3) is 0.636. The molecule has 160 valence electrons. The number of aliphatic carboxylic acids is 1. The van der Waals surface area contributed by atoms with Crippen LogP contribution in [0.15, 0.2) is 18.2 Å². The highest BCUT2D eigenvalue weighted by molar-refractivity contribution is 5.78. The Hall–Kier alpha value is -2.12. The Morgan fingerprint density at radius 3 is 2.69 bits per heavy atom. The van der Waals surface area contributed by atoms with Gasteiger partial charge in [-0.05, 0) is 80.9 Å². The van der Waals surface area contributed by atoms with Crippen molar-refractivity contribution in [3.8, 4) is 5.75 Å². The molecule has 2 aliphatic rings. The molecule has 0 bridgehead atoms. The maximum absolute atomic E-state index is 11.8. The third-order valence-electron chi connectivity index (χ3n) is 6.27. The van der Waals surface area contributed by atoms with Crippen LogP contribution in [0.1, 0.15) is 44.2 Å². The van der Waals surface area contributed by atoms with Crippen molar-refractivity contribution in [2.24, 2.45) is 17.8 Å². The first-order chi connectivity index (χ1) is 13.8. The Morgan fingerprint density at radius 2 is 2.00 bits per heavy atom. The van der Waals surface area contributed by atoms with E-state index in [1.165, 1.54) is 6.92 Å². The topological polar surface area (TPSA) is 113 Å². The van der Waals surface area contributed by atoms with Crippen LogP contribution in [0.3, 0.4) is 0 Å². The van der Waals surface area contributed by atoms with Crippen LogP contribution in [0, 0.1) is 17.8 Å². The lowest BCUT2D eigenvalue weighted by atomic mass is 9.73. The molecule has 0 heterocycles. The molecular weight excluding hydrogens is 376 g/mol. The molecule has 0 saturated heterocycles. The maximum atomic E-state index is 11.8. The van der Waals surface area contributed by atoms with Crippen molar-refractivity contribution in [2.45, 2.75) is 64.3 Å². The molecule has 2 aliphatic carbocycles. The Labute approximate surface area is 170 Å². The van der Waals surface area contributed by atoms with Crippen molar-refractivity contribution in [1.82, 2.24) is 0 Å². The summed E-state index contributed by atoms with van der Waals surface area (Å²) in [5.74, 6) is -0.386. The Bertz CT molecular complexity index is 745. The van der Waals surface area contributed by atoms with E-state index in [0.717, 1.165) is 36.8 Å². The number of fused-ring (bicyclic) bond motifs is 2. The highest BCUT2D eigenvalue weighted by atomic mass is 16.6. The number of hydrogen-bond donors (Lipinski definition) is 3. The van der Waals surface area contributed by atoms with Gasteiger partial charge in [0.15, 0.2) is 12.7 Å². The third kappa shape index (κ3) is 5.08. The standard InChI is InChI=1S/C22H30O7/c1-12(23)6-7-16-17-8-14-4-3-5-20(18(14)9-15(17)10-19(16)24)28-11-21(25)29-13(2)22(26)27/h3-5,12-13,15-17,19,23-24H,6-11H2,1-2H3,(H,26,27)/t12-,13-,15-,16+,17-,19+/m0/s1. The van der Waals surface area contributed by atoms with Crippen LogP contribution in [0.4, 0.5) is 0 Å². The highest BCUT2D eigenvalue weighted by Crippen LogP contribution is 2.48. The molecule has 1 aromatic rings. The molecule has 1 saturated carbocycles. The Kier molecular flexibility index (Phi) is 6.80. The monoisotopic (exact) mass is 406 g/mol. The summed E-state index contributed by atoms with van der Waals surface area (Å²) in [4.78, 5) is 22.6. The predicted molar refractivity (Wildman–Crippen MR) is 105 cm³/mol. The van der Waals surface area contributed by atoms with Crippen LogP contribution in [0.25, 0.3) is 0 Å². The zero-order valence-corrected chi connectivity index (χ0v) is 16.9. The van der Waals surface area contributed by atoms with Crippen molar-refractivity contribution in [3.63, 3.8) is 0 Å². The van der Waals surface area contributed by atoms with Gasteiger partial charge in [-0.2, -0.15) is 0 Å². The molecule has 0 spiro atoms. The quantitative estimate of drug-likeness (QED) is 0.566. The van der Waals surface area contributed by atoms with E-state index in [0.29, 0.717) is 24.0 Å². The van der Waals surface area contributed by atoms with Gasteiger partial charge in [-0.25, -0.2) is 9.59 Å². The van der Waals surface area contributed by atoms with E-state index in [4.69, 9.17) is 14.6 Å². The zero-order chi connectivity index (χ0) is 21.1. The van der Waals surface area contributed by atoms with E-state index in [-0.39, 0.29) is 24.7 Å². The van der Waals surface area contributed by atoms with Gasteiger partial charge in [-0.1, -0.05) is 12.1 Å². The van der Waals surface area contributed by atoms with E-state index in [2.05, 4.69) is 6.07 Å². The normalized spacial score (nSPS) is 27.4. The average molecular weight is 406 g/mol. The van der Waals surface area contributed by atoms with Crippen LogP contribution in [-0.2, 0) is 27.2 Å². The summed E-state index contributed by atoms with van der Waals surface area (Å²) in [5, 5.41) is 29.0. The van der Waals surface area contributed by atoms with Crippen LogP contribution in [0.2, 0.25) is 0 Å². The summed E-state index contributed by atoms with van der Waals surface area (Å²) in [5.41, 5.74) is 2.21. The van der Waals surface area contributed by atoms with E-state index < -0.39 is 18.0 Å². The van der Waals surface area contributed by atoms with Crippen molar-refractivity contribution in [2.75, 3.05) is 6.61 Å². The van der Waals surface area contributed by atoms with Gasteiger partial charge in [0.05, 0.1) is 12.2 Å². The number of carboxylic acids is 1. The third-order valence-corrected chi connectivity index (χ3v) is 6.27. The first kappa shape index (κ1) is 21.6. The number of carboxylic acid groups (broad SMARTS) is 1. The fourth-order valence-corrected chi connectivity index (χ4v) is 4.79. The molecule has 1 fully saturated rings. The van der Waals surface area contributed by atoms with E-state index in [1.54, 1.807) is 6.92 Å². The second-order valence-corrected chi connectivity index (χ2v) is 8.38. The van der Waals surface area contributed by atoms with Gasteiger partial charge >= 0.3 is 11.9 Å². The van der Waals surface area contributed by atoms with Crippen molar-refractivity contribution in [3.05, 3.63) is 29.3 Å². The minimum atomic E-state index is -1.21. The number of ether oxygens (including phenoxy) is 2. The number of aliphatic hydroxyl groups excluding tert-OH is 2. The second kappa shape index (κ2) is 9.13. The molecule has 1 aromatic carbocycles. The Balaban J connectivity index is 1.66. The van der Waals surface area contributed by atoms with Crippen molar-refractivity contribution >= 4 is 11.9 Å². The molecule has 0 unspecified atom stereocenters. The lowest BCUT2D eigenvalue weighted by molar-refractivity contribution is -0.163. The molecule has 29 heavy (non-hydrogen) atoms. The highest BCUT2D eigenvalue weighted by Gasteiger charge is 2.44. The summed E-state index contributed by atoms with van der Waals surface area (Å²) in [6, 6.07) is 5.75. The van der Waals surface area contributed by atoms with Crippen molar-refractivity contribution in [1.29, 1.82) is 0 Å². The molecule has 7 heteroatoms. The van der Waals surface area contributed by atoms with E-state index in [9.17, 15) is 19.8 Å². The number of carbonyl (C=O) groups is 2. The van der Waals surface area contributed by atoms with Gasteiger partial charge in [-0.15, -0.1) is 0 Å². The van der Waals surface area contributed by atoms with Gasteiger partial charge in [0.1, 0.15) is 5.75 Å². The SMILES string of the molecule is C[C@H](O)CC[C@@H]1[C@H]2Cc3cccc(OCC(=O)O[C@@H](C)C(=O)O)c3C[C@H]2C[C@H]1O. The zero-order valence-electron chi connectivity index (χ0n) is 16.9. The fourth-order valence-electron chi connectivity index (χ4n) is 4.79. The minimum absolute atomic E-state index is 0.194. The number of benzene rings is 1. The van der Waals surface area contributed by atoms with Crippen molar-refractivity contribution < 1.29 is 34.4 Å². The number of esters is 1. The summed E-state index contributed by atoms with van der Waals surface area (Å²) < 4.78 is 10.5. The molecule has 0 radical (unpaired) electrons. The van der Waals surface area contributed by atoms with Crippen LogP contribution in [0.5, 0.6) is 5.75 Å². The van der Waals surface area contributed by atoms with Gasteiger partial charge in [0.2, 0.25) is 0 Å². The number of aliphatic hydroxyl groups is 2. The smallest absolute Gasteiger partial charge is 0.345 e. The number of hydrogen-bond acceptors (Lipinski definition) is 6. The molecule has 3 rings (SSSR count). The summed E-state index contributed by atoms with van der Waals surface area (Å²) >= 11 is 0. The average Bonchev–Trinajstić information content (AvgIpc) is 2.96. The molecule has 0 amide bonds. The largest absolute Gasteiger partial charge is 0.482 e. The van der Waals surface area contributed by atoms with Gasteiger partial charge in [-0.3, -0.25) is 0 Å². The number of carbonyl (C=O) groups excluding carboxylic acids is 1. The first-order valence-corrected chi connectivity index (χ1v) is 10.3. The van der Waals surface area contributed by atoms with Crippen LogP contribution >= 0.6 is 0 Å². The summed E-state index contributed by atoms with van der Waals surface area (Å²) in [7, 11) is 0. The van der Waals surface area contributed by atoms with Crippen LogP contribution < -0.4 is 4.74 Å². The molecule has 0 aliphatic heterocycles. The summed E-state index contributed by atoms with van der Waals surface area (Å²) in [6.07, 6.45) is 1.95. The lowest BCUT2D eigenvalue weighted by Crippen LogP contribution is -2.28. The maximum Gasteiger partial charge on any atom is 0.345 e. The predicted octanol–water partition coefficient (Wildman–Crippen LogP) is 1.95. The van der Waals surface area contributed by atoms with Gasteiger partial charge in [0.25, 0.3) is 0 Å². The number of rotatable bonds is 8. The lowest BCUT2D eigenvalue weighted by Gasteiger charge is -2.32. The van der Waals surface area contributed by atoms with E-state index in [1.807, 2.05) is 12.1 Å². The molecule has 3 N–H and O–H groups in total. The second-order valence-electron chi connectivity index (χ2n) is 8.38. The molecule has 0 aromatic heterocycles. The molecule has 7 nitrogen and oxygen atoms in total. The summed E-state index contributed by atoms with van der Waals surface area (Å²) in [6.45, 7) is 2.73. The first-order valence-electron chi connectivity index (χ1n) is 10.3. The van der Waals surface area contributed by atoms with E-state index >= 15 is 0 Å². The Morgan fingerprint density at radius 1 is 1.24 bits per heavy atom. The van der Waals surface area contributed by atoms with Crippen LogP contribution in [-0.4, -0.2) is 52.2 Å².